The maximum Gasteiger partial charge on any atom is 0.200 e. The molecule has 0 radical (unpaired) electrons. The van der Waals surface area contributed by atoms with E-state index in [-0.39, 0.29) is 10.9 Å². The fraction of sp³-hybridized carbons (Fsp3) is 0.0625. The van der Waals surface area contributed by atoms with E-state index in [9.17, 15) is 13.6 Å². The van der Waals surface area contributed by atoms with Crippen LogP contribution in [0, 0.1) is 11.6 Å². The van der Waals surface area contributed by atoms with Crippen molar-refractivity contribution in [1.29, 1.82) is 0 Å². The summed E-state index contributed by atoms with van der Waals surface area (Å²) in [5.74, 6) is -0.946. The van der Waals surface area contributed by atoms with E-state index < -0.39 is 17.1 Å². The van der Waals surface area contributed by atoms with Gasteiger partial charge >= 0.3 is 0 Å². The van der Waals surface area contributed by atoms with Crippen molar-refractivity contribution in [3.63, 3.8) is 0 Å². The summed E-state index contributed by atoms with van der Waals surface area (Å²) in [6.45, 7) is 0. The lowest BCUT2D eigenvalue weighted by molar-refractivity contribution is 0.415. The number of hydrogen-bond donors (Lipinski definition) is 1. The average molecular weight is 287 g/mol. The lowest BCUT2D eigenvalue weighted by atomic mass is 10.0. The van der Waals surface area contributed by atoms with Gasteiger partial charge < -0.3 is 9.72 Å². The van der Waals surface area contributed by atoms with Crippen LogP contribution in [-0.4, -0.2) is 12.1 Å². The largest absolute Gasteiger partial charge is 0.497 e. The highest BCUT2D eigenvalue weighted by Crippen LogP contribution is 2.22. The van der Waals surface area contributed by atoms with E-state index in [2.05, 4.69) is 4.98 Å². The van der Waals surface area contributed by atoms with E-state index >= 15 is 0 Å². The van der Waals surface area contributed by atoms with Gasteiger partial charge in [0.05, 0.1) is 18.0 Å². The van der Waals surface area contributed by atoms with E-state index in [1.807, 2.05) is 0 Å². The Morgan fingerprint density at radius 1 is 1.10 bits per heavy atom. The van der Waals surface area contributed by atoms with E-state index in [0.717, 1.165) is 6.07 Å². The second-order valence-corrected chi connectivity index (χ2v) is 4.57. The number of ether oxygens (including phenoxy) is 1. The summed E-state index contributed by atoms with van der Waals surface area (Å²) in [5, 5.41) is -0.148. The van der Waals surface area contributed by atoms with Crippen molar-refractivity contribution in [3.05, 3.63) is 64.5 Å². The predicted octanol–water partition coefficient (Wildman–Crippen LogP) is 3.48. The minimum Gasteiger partial charge on any atom is -0.497 e. The summed E-state index contributed by atoms with van der Waals surface area (Å²) < 4.78 is 32.1. The third-order valence-electron chi connectivity index (χ3n) is 3.30. The molecule has 106 valence electrons. The van der Waals surface area contributed by atoms with Crippen LogP contribution in [0.25, 0.3) is 22.0 Å². The molecular weight excluding hydrogens is 276 g/mol. The van der Waals surface area contributed by atoms with E-state index in [0.29, 0.717) is 22.9 Å². The number of aromatic amines is 1. The van der Waals surface area contributed by atoms with Crippen molar-refractivity contribution in [2.45, 2.75) is 0 Å². The van der Waals surface area contributed by atoms with Gasteiger partial charge in [-0.2, -0.15) is 0 Å². The number of H-pyrrole nitrogens is 1. The summed E-state index contributed by atoms with van der Waals surface area (Å²) in [4.78, 5) is 15.2. The van der Waals surface area contributed by atoms with Crippen LogP contribution in [0.5, 0.6) is 5.75 Å². The molecule has 0 aliphatic carbocycles. The molecule has 3 rings (SSSR count). The first-order valence-electron chi connectivity index (χ1n) is 6.25. The molecule has 0 saturated carbocycles. The fourth-order valence-corrected chi connectivity index (χ4v) is 2.25. The topological polar surface area (TPSA) is 42.1 Å². The average Bonchev–Trinajstić information content (AvgIpc) is 2.47. The summed E-state index contributed by atoms with van der Waals surface area (Å²) in [6, 6.07) is 8.63. The molecule has 0 bridgehead atoms. The smallest absolute Gasteiger partial charge is 0.200 e. The number of fused-ring (bicyclic) bond motifs is 1. The molecule has 0 saturated heterocycles. The maximum absolute atomic E-state index is 13.8. The molecule has 1 heterocycles. The predicted molar refractivity (Wildman–Crippen MR) is 76.5 cm³/mol. The van der Waals surface area contributed by atoms with Crippen LogP contribution in [0.1, 0.15) is 0 Å². The molecular formula is C16H11F2NO2. The number of hydrogen-bond acceptors (Lipinski definition) is 2. The van der Waals surface area contributed by atoms with Gasteiger partial charge in [0.15, 0.2) is 5.43 Å². The van der Waals surface area contributed by atoms with Crippen LogP contribution >= 0.6 is 0 Å². The SMILES string of the molecule is COc1ccc(-c2c[nH]c3cc(F)cc(F)c3c2=O)cc1. The van der Waals surface area contributed by atoms with Crippen LogP contribution in [0.4, 0.5) is 8.78 Å². The first kappa shape index (κ1) is 13.3. The quantitative estimate of drug-likeness (QED) is 0.784. The van der Waals surface area contributed by atoms with Gasteiger partial charge in [-0.3, -0.25) is 4.79 Å². The maximum atomic E-state index is 13.8. The first-order chi connectivity index (χ1) is 10.1. The number of aromatic nitrogens is 1. The van der Waals surface area contributed by atoms with Gasteiger partial charge in [0.25, 0.3) is 0 Å². The third kappa shape index (κ3) is 2.27. The van der Waals surface area contributed by atoms with E-state index in [1.165, 1.54) is 6.20 Å². The molecule has 1 N–H and O–H groups in total. The number of benzene rings is 2. The number of rotatable bonds is 2. The van der Waals surface area contributed by atoms with Gasteiger partial charge in [-0.1, -0.05) is 12.1 Å². The molecule has 2 aromatic carbocycles. The van der Waals surface area contributed by atoms with Crippen molar-refractivity contribution in [3.8, 4) is 16.9 Å². The summed E-state index contributed by atoms with van der Waals surface area (Å²) in [5.41, 5.74) is 0.597. The normalized spacial score (nSPS) is 10.8. The molecule has 1 aromatic heterocycles. The van der Waals surface area contributed by atoms with Gasteiger partial charge in [-0.05, 0) is 23.8 Å². The highest BCUT2D eigenvalue weighted by Gasteiger charge is 2.12. The van der Waals surface area contributed by atoms with Crippen molar-refractivity contribution >= 4 is 10.9 Å². The monoisotopic (exact) mass is 287 g/mol. The van der Waals surface area contributed by atoms with Crippen molar-refractivity contribution in [2.75, 3.05) is 7.11 Å². The molecule has 0 amide bonds. The summed E-state index contributed by atoms with van der Waals surface area (Å²) in [7, 11) is 1.54. The van der Waals surface area contributed by atoms with E-state index in [4.69, 9.17) is 4.74 Å². The number of pyridine rings is 1. The molecule has 0 spiro atoms. The number of nitrogens with one attached hydrogen (secondary N) is 1. The fourth-order valence-electron chi connectivity index (χ4n) is 2.25. The summed E-state index contributed by atoms with van der Waals surface area (Å²) in [6.07, 6.45) is 1.45. The van der Waals surface area contributed by atoms with Crippen LogP contribution in [0.3, 0.4) is 0 Å². The third-order valence-corrected chi connectivity index (χ3v) is 3.30. The van der Waals surface area contributed by atoms with Crippen LogP contribution in [0.2, 0.25) is 0 Å². The molecule has 3 aromatic rings. The first-order valence-corrected chi connectivity index (χ1v) is 6.25. The molecule has 0 aliphatic heterocycles. The molecule has 3 nitrogen and oxygen atoms in total. The standard InChI is InChI=1S/C16H11F2NO2/c1-21-11-4-2-9(3-5-11)12-8-19-14-7-10(17)6-13(18)15(14)16(12)20/h2-8H,1H3,(H,19,20). The molecule has 21 heavy (non-hydrogen) atoms. The Balaban J connectivity index is 2.24. The Bertz CT molecular complexity index is 870. The van der Waals surface area contributed by atoms with Crippen LogP contribution < -0.4 is 10.2 Å². The van der Waals surface area contributed by atoms with E-state index in [1.54, 1.807) is 31.4 Å². The lowest BCUT2D eigenvalue weighted by Crippen LogP contribution is -2.08. The van der Waals surface area contributed by atoms with Crippen molar-refractivity contribution in [1.82, 2.24) is 4.98 Å². The zero-order valence-corrected chi connectivity index (χ0v) is 11.1. The Morgan fingerprint density at radius 3 is 2.48 bits per heavy atom. The molecule has 5 heteroatoms. The molecule has 0 atom stereocenters. The van der Waals surface area contributed by atoms with Gasteiger partial charge in [0.2, 0.25) is 0 Å². The van der Waals surface area contributed by atoms with Crippen LogP contribution in [0.15, 0.2) is 47.4 Å². The Labute approximate surface area is 118 Å². The minimum atomic E-state index is -0.874. The van der Waals surface area contributed by atoms with Crippen molar-refractivity contribution < 1.29 is 13.5 Å². The Morgan fingerprint density at radius 2 is 1.81 bits per heavy atom. The lowest BCUT2D eigenvalue weighted by Gasteiger charge is -2.06. The second kappa shape index (κ2) is 5.01. The molecule has 0 fully saturated rings. The number of halogens is 2. The van der Waals surface area contributed by atoms with Gasteiger partial charge in [0.1, 0.15) is 17.4 Å². The highest BCUT2D eigenvalue weighted by atomic mass is 19.1. The zero-order valence-electron chi connectivity index (χ0n) is 11.1. The Kier molecular flexibility index (Phi) is 3.17. The van der Waals surface area contributed by atoms with Crippen molar-refractivity contribution in [2.24, 2.45) is 0 Å². The number of methoxy groups -OCH3 is 1. The van der Waals surface area contributed by atoms with Crippen LogP contribution in [-0.2, 0) is 0 Å². The second-order valence-electron chi connectivity index (χ2n) is 4.57. The zero-order chi connectivity index (χ0) is 15.0. The van der Waals surface area contributed by atoms with Gasteiger partial charge in [-0.25, -0.2) is 8.78 Å². The highest BCUT2D eigenvalue weighted by molar-refractivity contribution is 5.84. The summed E-state index contributed by atoms with van der Waals surface area (Å²) >= 11 is 0. The Hall–Kier alpha value is -2.69. The molecule has 0 unspecified atom stereocenters. The van der Waals surface area contributed by atoms with Gasteiger partial charge in [-0.15, -0.1) is 0 Å². The molecule has 0 aliphatic rings. The minimum absolute atomic E-state index is 0.134. The van der Waals surface area contributed by atoms with Gasteiger partial charge in [0, 0.05) is 17.8 Å².